The molecule has 1 heterocycles. The van der Waals surface area contributed by atoms with Crippen LogP contribution < -0.4 is 9.47 Å². The fraction of sp³-hybridized carbons (Fsp3) is 0.548. The number of benzene rings is 2. The first-order valence-electron chi connectivity index (χ1n) is 14.0. The molecule has 220 valence electrons. The highest BCUT2D eigenvalue weighted by Gasteiger charge is 2.30. The van der Waals surface area contributed by atoms with E-state index in [4.69, 9.17) is 37.4 Å². The normalized spacial score (nSPS) is 14.8. The molecule has 2 aromatic rings. The Bertz CT molecular complexity index is 1060. The maximum atomic E-state index is 12.9. The molecule has 1 saturated heterocycles. The molecule has 3 rings (SSSR count). The second-order valence-electron chi connectivity index (χ2n) is 10.4. The Morgan fingerprint density at radius 1 is 0.950 bits per heavy atom. The summed E-state index contributed by atoms with van der Waals surface area (Å²) in [5.74, 6) is 0.858. The number of amides is 1. The Labute approximate surface area is 247 Å². The Hall–Kier alpha value is -2.48. The predicted molar refractivity (Wildman–Crippen MR) is 158 cm³/mol. The first kappa shape index (κ1) is 32.0. The lowest BCUT2D eigenvalue weighted by Crippen LogP contribution is -2.43. The van der Waals surface area contributed by atoms with Crippen LogP contribution in [0.25, 0.3) is 0 Å². The standard InChI is InChI=1S/C31H41Cl2NO6/c1-4-5-6-7-29(31(36)37)40-20-30(35)34-14-12-21(13-15-34)24(16-22-8-10-25(38-2)18-27(22)32)17-23-9-11-26(39-3)19-28(23)33/h8-11,18-19,21,24,29H,4-7,12-17,20H2,1-3H3,(H,36,37). The van der Waals surface area contributed by atoms with Crippen molar-refractivity contribution < 1.29 is 28.9 Å². The van der Waals surface area contributed by atoms with Gasteiger partial charge in [0.05, 0.1) is 14.2 Å². The highest BCUT2D eigenvalue weighted by Crippen LogP contribution is 2.35. The molecule has 2 aromatic carbocycles. The molecule has 1 amide bonds. The quantitative estimate of drug-likeness (QED) is 0.231. The number of carboxylic acid groups (broad SMARTS) is 1. The van der Waals surface area contributed by atoms with Gasteiger partial charge in [-0.25, -0.2) is 4.79 Å². The van der Waals surface area contributed by atoms with Gasteiger partial charge in [-0.15, -0.1) is 0 Å². The summed E-state index contributed by atoms with van der Waals surface area (Å²) in [6, 6.07) is 11.5. The van der Waals surface area contributed by atoms with Crippen LogP contribution in [0.4, 0.5) is 0 Å². The zero-order valence-electron chi connectivity index (χ0n) is 23.7. The van der Waals surface area contributed by atoms with E-state index in [2.05, 4.69) is 6.92 Å². The molecule has 9 heteroatoms. The number of unbranched alkanes of at least 4 members (excludes halogenated alkanes) is 2. The summed E-state index contributed by atoms with van der Waals surface area (Å²) >= 11 is 13.2. The molecule has 1 N–H and O–H groups in total. The van der Waals surface area contributed by atoms with Crippen LogP contribution in [0.3, 0.4) is 0 Å². The summed E-state index contributed by atoms with van der Waals surface area (Å²) < 4.78 is 16.2. The molecule has 7 nitrogen and oxygen atoms in total. The minimum Gasteiger partial charge on any atom is -0.497 e. The van der Waals surface area contributed by atoms with Gasteiger partial charge in [0.1, 0.15) is 18.1 Å². The van der Waals surface area contributed by atoms with Crippen LogP contribution in [0.1, 0.15) is 56.6 Å². The lowest BCUT2D eigenvalue weighted by molar-refractivity contribution is -0.155. The van der Waals surface area contributed by atoms with Crippen molar-refractivity contribution in [3.05, 3.63) is 57.6 Å². The number of carbonyl (C=O) groups excluding carboxylic acids is 1. The van der Waals surface area contributed by atoms with E-state index in [1.54, 1.807) is 19.1 Å². The van der Waals surface area contributed by atoms with Crippen LogP contribution in [-0.2, 0) is 27.2 Å². The maximum absolute atomic E-state index is 12.9. The molecule has 0 radical (unpaired) electrons. The Morgan fingerprint density at radius 2 is 1.50 bits per heavy atom. The van der Waals surface area contributed by atoms with Crippen molar-refractivity contribution in [2.24, 2.45) is 11.8 Å². The van der Waals surface area contributed by atoms with Gasteiger partial charge in [-0.1, -0.05) is 61.5 Å². The molecule has 0 aromatic heterocycles. The zero-order valence-corrected chi connectivity index (χ0v) is 25.2. The van der Waals surface area contributed by atoms with Gasteiger partial charge < -0.3 is 24.2 Å². The Kier molecular flexibility index (Phi) is 12.9. The molecule has 1 aliphatic heterocycles. The molecule has 1 atom stereocenters. The minimum atomic E-state index is -1.01. The number of aliphatic carboxylic acids is 1. The van der Waals surface area contributed by atoms with Crippen LogP contribution in [-0.4, -0.2) is 61.9 Å². The number of hydrogen-bond acceptors (Lipinski definition) is 5. The number of methoxy groups -OCH3 is 2. The molecular formula is C31H41Cl2NO6. The molecule has 1 fully saturated rings. The summed E-state index contributed by atoms with van der Waals surface area (Å²) in [7, 11) is 3.24. The van der Waals surface area contributed by atoms with E-state index in [0.29, 0.717) is 47.0 Å². The monoisotopic (exact) mass is 593 g/mol. The zero-order chi connectivity index (χ0) is 29.1. The molecule has 0 saturated carbocycles. The third-order valence-corrected chi connectivity index (χ3v) is 8.50. The van der Waals surface area contributed by atoms with Gasteiger partial charge in [0.25, 0.3) is 0 Å². The fourth-order valence-electron chi connectivity index (χ4n) is 5.35. The van der Waals surface area contributed by atoms with E-state index in [-0.39, 0.29) is 18.4 Å². The lowest BCUT2D eigenvalue weighted by Gasteiger charge is -2.37. The number of nitrogens with zero attached hydrogens (tertiary/aromatic N) is 1. The van der Waals surface area contributed by atoms with Crippen LogP contribution in [0, 0.1) is 11.8 Å². The highest BCUT2D eigenvalue weighted by atomic mass is 35.5. The Morgan fingerprint density at radius 3 is 1.95 bits per heavy atom. The van der Waals surface area contributed by atoms with Crippen LogP contribution in [0.2, 0.25) is 10.0 Å². The maximum Gasteiger partial charge on any atom is 0.332 e. The molecule has 40 heavy (non-hydrogen) atoms. The van der Waals surface area contributed by atoms with Gasteiger partial charge in [0, 0.05) is 23.1 Å². The van der Waals surface area contributed by atoms with Crippen molar-refractivity contribution in [2.75, 3.05) is 33.9 Å². The largest absolute Gasteiger partial charge is 0.497 e. The second kappa shape index (κ2) is 16.1. The van der Waals surface area contributed by atoms with Gasteiger partial charge in [0.15, 0.2) is 6.10 Å². The summed E-state index contributed by atoms with van der Waals surface area (Å²) in [5, 5.41) is 10.8. The van der Waals surface area contributed by atoms with Crippen LogP contribution in [0.5, 0.6) is 11.5 Å². The summed E-state index contributed by atoms with van der Waals surface area (Å²) in [6.07, 6.45) is 5.38. The number of hydrogen-bond donors (Lipinski definition) is 1. The minimum absolute atomic E-state index is 0.159. The van der Waals surface area contributed by atoms with Gasteiger partial charge in [-0.2, -0.15) is 0 Å². The number of ether oxygens (including phenoxy) is 3. The first-order chi connectivity index (χ1) is 19.2. The third-order valence-electron chi connectivity index (χ3n) is 7.80. The van der Waals surface area contributed by atoms with Gasteiger partial charge in [0.2, 0.25) is 5.91 Å². The molecule has 0 bridgehead atoms. The summed E-state index contributed by atoms with van der Waals surface area (Å²) in [6.45, 7) is 3.05. The average Bonchev–Trinajstić information content (AvgIpc) is 2.96. The van der Waals surface area contributed by atoms with Gasteiger partial charge in [-0.05, 0) is 79.3 Å². The number of halogens is 2. The van der Waals surface area contributed by atoms with Gasteiger partial charge in [-0.3, -0.25) is 4.79 Å². The predicted octanol–water partition coefficient (Wildman–Crippen LogP) is 6.70. The van der Waals surface area contributed by atoms with Crippen molar-refractivity contribution in [3.63, 3.8) is 0 Å². The van der Waals surface area contributed by atoms with Crippen molar-refractivity contribution in [1.82, 2.24) is 4.90 Å². The fourth-order valence-corrected chi connectivity index (χ4v) is 5.85. The van der Waals surface area contributed by atoms with Crippen LogP contribution >= 0.6 is 23.2 Å². The third kappa shape index (κ3) is 9.28. The average molecular weight is 595 g/mol. The van der Waals surface area contributed by atoms with Crippen LogP contribution in [0.15, 0.2) is 36.4 Å². The van der Waals surface area contributed by atoms with Crippen molar-refractivity contribution in [1.29, 1.82) is 0 Å². The first-order valence-corrected chi connectivity index (χ1v) is 14.8. The van der Waals surface area contributed by atoms with Crippen molar-refractivity contribution >= 4 is 35.1 Å². The molecule has 0 spiro atoms. The van der Waals surface area contributed by atoms with Crippen molar-refractivity contribution in [3.8, 4) is 11.5 Å². The van der Waals surface area contributed by atoms with E-state index in [9.17, 15) is 14.7 Å². The number of carboxylic acids is 1. The SMILES string of the molecule is CCCCCC(OCC(=O)N1CCC(C(Cc2ccc(OC)cc2Cl)Cc2ccc(OC)cc2Cl)CC1)C(=O)O. The summed E-state index contributed by atoms with van der Waals surface area (Å²) in [4.78, 5) is 26.2. The second-order valence-corrected chi connectivity index (χ2v) is 11.2. The molecule has 1 unspecified atom stereocenters. The topological polar surface area (TPSA) is 85.3 Å². The van der Waals surface area contributed by atoms with E-state index < -0.39 is 12.1 Å². The summed E-state index contributed by atoms with van der Waals surface area (Å²) in [5.41, 5.74) is 2.10. The smallest absolute Gasteiger partial charge is 0.332 e. The lowest BCUT2D eigenvalue weighted by atomic mass is 9.77. The molecule has 1 aliphatic rings. The molecule has 0 aliphatic carbocycles. The highest BCUT2D eigenvalue weighted by molar-refractivity contribution is 6.31. The van der Waals surface area contributed by atoms with E-state index in [1.807, 2.05) is 36.4 Å². The number of piperidine rings is 1. The number of likely N-dealkylation sites (tertiary alicyclic amines) is 1. The Balaban J connectivity index is 1.66. The van der Waals surface area contributed by atoms with E-state index >= 15 is 0 Å². The van der Waals surface area contributed by atoms with Crippen molar-refractivity contribution in [2.45, 2.75) is 64.4 Å². The molecular weight excluding hydrogens is 553 g/mol. The number of rotatable bonds is 15. The van der Waals surface area contributed by atoms with E-state index in [1.165, 1.54) is 0 Å². The number of carbonyl (C=O) groups is 2. The van der Waals surface area contributed by atoms with Gasteiger partial charge >= 0.3 is 5.97 Å². The van der Waals surface area contributed by atoms with E-state index in [0.717, 1.165) is 56.1 Å².